The van der Waals surface area contributed by atoms with Crippen LogP contribution >= 0.6 is 0 Å². The second-order valence-electron chi connectivity index (χ2n) is 2.67. The average molecular weight is 127 g/mol. The first-order chi connectivity index (χ1) is 4.16. The molecule has 0 fully saturated rings. The Bertz CT molecular complexity index is 84.6. The van der Waals surface area contributed by atoms with Gasteiger partial charge in [-0.25, -0.2) is 0 Å². The summed E-state index contributed by atoms with van der Waals surface area (Å²) in [6, 6.07) is 0. The van der Waals surface area contributed by atoms with Gasteiger partial charge in [0, 0.05) is 12.8 Å². The first kappa shape index (κ1) is 8.67. The number of rotatable bonds is 4. The normalized spacial score (nSPS) is 10.2. The first-order valence-electron chi connectivity index (χ1n) is 3.47. The molecule has 0 aromatic rings. The molecule has 1 radical (unpaired) electrons. The van der Waals surface area contributed by atoms with Crippen LogP contribution in [0.25, 0.3) is 0 Å². The molecule has 1 heteroatoms. The van der Waals surface area contributed by atoms with E-state index in [1.165, 1.54) is 5.92 Å². The highest BCUT2D eigenvalue weighted by Crippen LogP contribution is 2.05. The quantitative estimate of drug-likeness (QED) is 0.566. The van der Waals surface area contributed by atoms with Crippen molar-refractivity contribution >= 4 is 5.78 Å². The van der Waals surface area contributed by atoms with Gasteiger partial charge in [0.25, 0.3) is 0 Å². The van der Waals surface area contributed by atoms with Gasteiger partial charge in [-0.05, 0) is 12.3 Å². The minimum absolute atomic E-state index is 0.373. The minimum atomic E-state index is 0.373. The smallest absolute Gasteiger partial charge is 0.133 e. The van der Waals surface area contributed by atoms with Crippen molar-refractivity contribution in [3.8, 4) is 0 Å². The summed E-state index contributed by atoms with van der Waals surface area (Å²) < 4.78 is 0. The summed E-state index contributed by atoms with van der Waals surface area (Å²) >= 11 is 0. The number of hydrogen-bond donors (Lipinski definition) is 0. The number of hydrogen-bond acceptors (Lipinski definition) is 1. The third-order valence-corrected chi connectivity index (χ3v) is 1.08. The Morgan fingerprint density at radius 3 is 2.22 bits per heavy atom. The first-order valence-corrected chi connectivity index (χ1v) is 3.47. The molecule has 0 saturated carbocycles. The van der Waals surface area contributed by atoms with Crippen molar-refractivity contribution < 1.29 is 4.79 Å². The van der Waals surface area contributed by atoms with E-state index in [2.05, 4.69) is 0 Å². The van der Waals surface area contributed by atoms with Gasteiger partial charge in [0.15, 0.2) is 0 Å². The zero-order chi connectivity index (χ0) is 7.28. The van der Waals surface area contributed by atoms with Gasteiger partial charge in [0.2, 0.25) is 0 Å². The van der Waals surface area contributed by atoms with Crippen LogP contribution in [0.15, 0.2) is 0 Å². The van der Waals surface area contributed by atoms with Crippen molar-refractivity contribution in [2.45, 2.75) is 40.0 Å². The van der Waals surface area contributed by atoms with E-state index in [9.17, 15) is 4.79 Å². The zero-order valence-corrected chi connectivity index (χ0v) is 6.53. The highest BCUT2D eigenvalue weighted by molar-refractivity contribution is 5.79. The number of Topliss-reactive ketones (excluding diaryl/α,β-unsaturated/α-hetero) is 1. The molecular weight excluding hydrogens is 112 g/mol. The highest BCUT2D eigenvalue weighted by atomic mass is 16.1. The molecule has 0 atom stereocenters. The molecule has 53 valence electrons. The third kappa shape index (κ3) is 5.54. The van der Waals surface area contributed by atoms with Gasteiger partial charge < -0.3 is 0 Å². The summed E-state index contributed by atoms with van der Waals surface area (Å²) in [5.41, 5.74) is 0. The molecule has 0 aliphatic heterocycles. The van der Waals surface area contributed by atoms with Crippen molar-refractivity contribution in [1.82, 2.24) is 0 Å². The lowest BCUT2D eigenvalue weighted by Crippen LogP contribution is -1.99. The second-order valence-corrected chi connectivity index (χ2v) is 2.67. The fraction of sp³-hybridized carbons (Fsp3) is 0.750. The molecule has 0 N–H and O–H groups in total. The van der Waals surface area contributed by atoms with Gasteiger partial charge in [-0.15, -0.1) is 0 Å². The van der Waals surface area contributed by atoms with E-state index in [1.54, 1.807) is 0 Å². The minimum Gasteiger partial charge on any atom is -0.300 e. The maximum absolute atomic E-state index is 10.8. The Morgan fingerprint density at radius 2 is 1.89 bits per heavy atom. The summed E-state index contributed by atoms with van der Waals surface area (Å²) in [7, 11) is 0. The monoisotopic (exact) mass is 127 g/mol. The summed E-state index contributed by atoms with van der Waals surface area (Å²) in [6.45, 7) is 6.02. The van der Waals surface area contributed by atoms with E-state index in [4.69, 9.17) is 0 Å². The second kappa shape index (κ2) is 4.54. The van der Waals surface area contributed by atoms with Crippen LogP contribution in [0.3, 0.4) is 0 Å². The molecule has 0 spiro atoms. The van der Waals surface area contributed by atoms with Crippen molar-refractivity contribution in [3.63, 3.8) is 0 Å². The number of carbonyl (C=O) groups excluding carboxylic acids is 1. The number of carbonyl (C=O) groups is 1. The van der Waals surface area contributed by atoms with Crippen molar-refractivity contribution in [1.29, 1.82) is 0 Å². The standard InChI is InChI=1S/C8H15O/c1-4-5-8(9)6-7(2)3/h4-6H2,1-3H3. The maximum atomic E-state index is 10.8. The van der Waals surface area contributed by atoms with Crippen LogP contribution in [0, 0.1) is 5.92 Å². The Balaban J connectivity index is 3.27. The summed E-state index contributed by atoms with van der Waals surface area (Å²) in [6.07, 6.45) is 2.39. The lowest BCUT2D eigenvalue weighted by atomic mass is 10.0. The summed E-state index contributed by atoms with van der Waals surface area (Å²) in [5.74, 6) is 1.59. The van der Waals surface area contributed by atoms with Crippen LogP contribution in [0.4, 0.5) is 0 Å². The van der Waals surface area contributed by atoms with Crippen LogP contribution in [-0.2, 0) is 4.79 Å². The van der Waals surface area contributed by atoms with Crippen LogP contribution in [-0.4, -0.2) is 5.78 Å². The Morgan fingerprint density at radius 1 is 1.33 bits per heavy atom. The van der Waals surface area contributed by atoms with Gasteiger partial charge in [-0.2, -0.15) is 0 Å². The number of ketones is 1. The van der Waals surface area contributed by atoms with E-state index in [1.807, 2.05) is 20.8 Å². The topological polar surface area (TPSA) is 17.1 Å². The van der Waals surface area contributed by atoms with Crippen molar-refractivity contribution in [2.75, 3.05) is 0 Å². The van der Waals surface area contributed by atoms with Gasteiger partial charge >= 0.3 is 0 Å². The van der Waals surface area contributed by atoms with Gasteiger partial charge in [0.05, 0.1) is 0 Å². The van der Waals surface area contributed by atoms with E-state index in [-0.39, 0.29) is 0 Å². The predicted octanol–water partition coefficient (Wildman–Crippen LogP) is 2.36. The SMILES string of the molecule is CCCC(=O)C[C](C)C. The molecule has 0 heterocycles. The molecule has 0 saturated heterocycles. The van der Waals surface area contributed by atoms with Crippen LogP contribution in [0.1, 0.15) is 40.0 Å². The molecule has 0 aromatic heterocycles. The molecule has 0 aliphatic carbocycles. The van der Waals surface area contributed by atoms with Gasteiger partial charge in [-0.1, -0.05) is 20.8 Å². The largest absolute Gasteiger partial charge is 0.300 e. The van der Waals surface area contributed by atoms with Gasteiger partial charge in [-0.3, -0.25) is 4.79 Å². The predicted molar refractivity (Wildman–Crippen MR) is 39.1 cm³/mol. The van der Waals surface area contributed by atoms with E-state index in [0.717, 1.165) is 12.8 Å². The molecule has 9 heavy (non-hydrogen) atoms. The fourth-order valence-corrected chi connectivity index (χ4v) is 0.762. The third-order valence-electron chi connectivity index (χ3n) is 1.08. The van der Waals surface area contributed by atoms with Crippen LogP contribution in [0.2, 0.25) is 0 Å². The lowest BCUT2D eigenvalue weighted by Gasteiger charge is -1.99. The Kier molecular flexibility index (Phi) is 4.37. The molecule has 0 rings (SSSR count). The fourth-order valence-electron chi connectivity index (χ4n) is 0.762. The Labute approximate surface area is 57.5 Å². The van der Waals surface area contributed by atoms with Crippen molar-refractivity contribution in [2.24, 2.45) is 0 Å². The van der Waals surface area contributed by atoms with Gasteiger partial charge in [0.1, 0.15) is 5.78 Å². The molecule has 0 aromatic carbocycles. The summed E-state index contributed by atoms with van der Waals surface area (Å²) in [5, 5.41) is 0. The maximum Gasteiger partial charge on any atom is 0.133 e. The van der Waals surface area contributed by atoms with E-state index < -0.39 is 0 Å². The Hall–Kier alpha value is -0.330. The average Bonchev–Trinajstić information content (AvgIpc) is 1.63. The van der Waals surface area contributed by atoms with Crippen LogP contribution < -0.4 is 0 Å². The van der Waals surface area contributed by atoms with E-state index >= 15 is 0 Å². The summed E-state index contributed by atoms with van der Waals surface area (Å²) in [4.78, 5) is 10.8. The van der Waals surface area contributed by atoms with Crippen LogP contribution in [0.5, 0.6) is 0 Å². The molecule has 0 amide bonds. The lowest BCUT2D eigenvalue weighted by molar-refractivity contribution is -0.118. The molecule has 1 nitrogen and oxygen atoms in total. The van der Waals surface area contributed by atoms with E-state index in [0.29, 0.717) is 12.2 Å². The molecule has 0 bridgehead atoms. The zero-order valence-electron chi connectivity index (χ0n) is 6.53. The molecular formula is C8H15O. The van der Waals surface area contributed by atoms with Crippen molar-refractivity contribution in [3.05, 3.63) is 5.92 Å². The molecule has 0 unspecified atom stereocenters. The highest BCUT2D eigenvalue weighted by Gasteiger charge is 2.02. The molecule has 0 aliphatic rings.